The Morgan fingerprint density at radius 2 is 1.05 bits per heavy atom. The summed E-state index contributed by atoms with van der Waals surface area (Å²) in [6.45, 7) is 0. The van der Waals surface area contributed by atoms with Crippen LogP contribution >= 0.6 is 0 Å². The van der Waals surface area contributed by atoms with Crippen LogP contribution in [0.4, 0.5) is 40.7 Å². The summed E-state index contributed by atoms with van der Waals surface area (Å²) in [5.74, 6) is -1.11. The number of anilines is 4. The number of hydrogen-bond donors (Lipinski definition) is 2. The molecule has 2 N–H and O–H groups in total. The van der Waals surface area contributed by atoms with Crippen LogP contribution in [0.15, 0.2) is 109 Å². The number of hydrogen-bond acceptors (Lipinski definition) is 4. The molecule has 0 unspecified atom stereocenters. The Labute approximate surface area is 227 Å². The van der Waals surface area contributed by atoms with Gasteiger partial charge < -0.3 is 10.6 Å². The van der Waals surface area contributed by atoms with E-state index in [1.165, 1.54) is 48.5 Å². The van der Waals surface area contributed by atoms with Gasteiger partial charge in [0, 0.05) is 22.3 Å². The third-order valence-corrected chi connectivity index (χ3v) is 6.30. The van der Waals surface area contributed by atoms with E-state index in [0.717, 1.165) is 11.1 Å². The molecular formula is C32H20F4N4. The lowest BCUT2D eigenvalue weighted by molar-refractivity contribution is 0.627. The van der Waals surface area contributed by atoms with Crippen LogP contribution in [0.2, 0.25) is 0 Å². The Hall–Kier alpha value is -5.24. The van der Waals surface area contributed by atoms with Crippen molar-refractivity contribution < 1.29 is 17.6 Å². The maximum atomic E-state index is 14.0. The Kier molecular flexibility index (Phi) is 6.57. The highest BCUT2D eigenvalue weighted by Gasteiger charge is 2.17. The van der Waals surface area contributed by atoms with Crippen molar-refractivity contribution in [1.82, 2.24) is 9.97 Å². The quantitative estimate of drug-likeness (QED) is 0.209. The molecule has 1 aromatic heterocycles. The molecule has 40 heavy (non-hydrogen) atoms. The van der Waals surface area contributed by atoms with E-state index in [1.807, 2.05) is 12.1 Å². The maximum Gasteiger partial charge on any atom is 0.229 e. The number of aromatic nitrogens is 2. The van der Waals surface area contributed by atoms with E-state index in [9.17, 15) is 17.6 Å². The smallest absolute Gasteiger partial charge is 0.229 e. The van der Waals surface area contributed by atoms with Crippen molar-refractivity contribution in [2.45, 2.75) is 0 Å². The van der Waals surface area contributed by atoms with Gasteiger partial charge in [0.2, 0.25) is 5.95 Å². The summed E-state index contributed by atoms with van der Waals surface area (Å²) < 4.78 is 55.5. The van der Waals surface area contributed by atoms with Gasteiger partial charge in [-0.2, -0.15) is 4.98 Å². The van der Waals surface area contributed by atoms with Crippen molar-refractivity contribution in [3.05, 3.63) is 132 Å². The zero-order valence-electron chi connectivity index (χ0n) is 20.8. The van der Waals surface area contributed by atoms with E-state index in [-0.39, 0.29) is 17.6 Å². The average Bonchev–Trinajstić information content (AvgIpc) is 2.94. The summed E-state index contributed by atoms with van der Waals surface area (Å²) in [5, 5.41) is 6.79. The first-order chi connectivity index (χ1) is 19.4. The molecule has 0 atom stereocenters. The Morgan fingerprint density at radius 1 is 0.475 bits per heavy atom. The van der Waals surface area contributed by atoms with Crippen molar-refractivity contribution >= 4 is 34.0 Å². The summed E-state index contributed by atoms with van der Waals surface area (Å²) in [4.78, 5) is 9.41. The van der Waals surface area contributed by atoms with Gasteiger partial charge in [-0.25, -0.2) is 22.5 Å². The predicted molar refractivity (Wildman–Crippen MR) is 150 cm³/mol. The van der Waals surface area contributed by atoms with Crippen molar-refractivity contribution in [3.63, 3.8) is 0 Å². The summed E-state index contributed by atoms with van der Waals surface area (Å²) in [6.07, 6.45) is 0. The molecule has 8 heteroatoms. The standard InChI is InChI=1S/C32H20F4N4/c33-22-11-7-19(8-12-22)21-15-28(20-9-13-23(34)14-10-20)30-29(16-21)31(37-26-5-1-3-24(35)17-26)40-32(39-30)38-27-6-2-4-25(36)18-27/h1-18H,(H2,37,38,39,40). The van der Waals surface area contributed by atoms with Gasteiger partial charge in [-0.05, 0) is 89.5 Å². The Morgan fingerprint density at radius 3 is 1.65 bits per heavy atom. The molecule has 0 bridgehead atoms. The van der Waals surface area contributed by atoms with Crippen LogP contribution in [0.5, 0.6) is 0 Å². The number of halogens is 4. The van der Waals surface area contributed by atoms with Crippen LogP contribution < -0.4 is 10.6 Å². The first-order valence-corrected chi connectivity index (χ1v) is 12.3. The molecule has 0 saturated heterocycles. The van der Waals surface area contributed by atoms with E-state index in [4.69, 9.17) is 4.98 Å². The average molecular weight is 537 g/mol. The van der Waals surface area contributed by atoms with Gasteiger partial charge >= 0.3 is 0 Å². The van der Waals surface area contributed by atoms with E-state index in [0.29, 0.717) is 39.2 Å². The van der Waals surface area contributed by atoms with E-state index in [1.54, 1.807) is 48.5 Å². The van der Waals surface area contributed by atoms with Crippen molar-refractivity contribution in [2.75, 3.05) is 10.6 Å². The number of nitrogens with zero attached hydrogens (tertiary/aromatic N) is 2. The molecule has 0 spiro atoms. The maximum absolute atomic E-state index is 14.0. The van der Waals surface area contributed by atoms with Crippen molar-refractivity contribution in [1.29, 1.82) is 0 Å². The Balaban J connectivity index is 1.61. The van der Waals surface area contributed by atoms with Crippen LogP contribution in [0.25, 0.3) is 33.2 Å². The molecule has 5 aromatic carbocycles. The topological polar surface area (TPSA) is 49.8 Å². The van der Waals surface area contributed by atoms with Gasteiger partial charge in [0.15, 0.2) is 0 Å². The van der Waals surface area contributed by atoms with E-state index < -0.39 is 11.6 Å². The fraction of sp³-hybridized carbons (Fsp3) is 0. The first-order valence-electron chi connectivity index (χ1n) is 12.3. The van der Waals surface area contributed by atoms with Gasteiger partial charge in [0.1, 0.15) is 29.1 Å². The third kappa shape index (κ3) is 5.33. The van der Waals surface area contributed by atoms with Gasteiger partial charge in [-0.3, -0.25) is 0 Å². The molecule has 6 aromatic rings. The SMILES string of the molecule is Fc1ccc(-c2cc(-c3ccc(F)cc3)c3nc(Nc4cccc(F)c4)nc(Nc4cccc(F)c4)c3c2)cc1. The molecule has 0 radical (unpaired) electrons. The highest BCUT2D eigenvalue weighted by atomic mass is 19.1. The lowest BCUT2D eigenvalue weighted by Gasteiger charge is -2.16. The second-order valence-electron chi connectivity index (χ2n) is 9.10. The van der Waals surface area contributed by atoms with Crippen LogP contribution in [-0.4, -0.2) is 9.97 Å². The van der Waals surface area contributed by atoms with Gasteiger partial charge in [-0.1, -0.05) is 36.4 Å². The van der Waals surface area contributed by atoms with Crippen LogP contribution in [0.3, 0.4) is 0 Å². The molecule has 0 saturated carbocycles. The Bertz CT molecular complexity index is 1840. The molecule has 0 aliphatic carbocycles. The summed E-state index contributed by atoms with van der Waals surface area (Å²) in [7, 11) is 0. The molecule has 0 amide bonds. The minimum atomic E-state index is -0.431. The highest BCUT2D eigenvalue weighted by molar-refractivity contribution is 6.03. The van der Waals surface area contributed by atoms with Gasteiger partial charge in [-0.15, -0.1) is 0 Å². The fourth-order valence-corrected chi connectivity index (χ4v) is 4.44. The molecule has 1 heterocycles. The van der Waals surface area contributed by atoms with Crippen molar-refractivity contribution in [2.24, 2.45) is 0 Å². The summed E-state index contributed by atoms with van der Waals surface area (Å²) >= 11 is 0. The van der Waals surface area contributed by atoms with Gasteiger partial charge in [0.05, 0.1) is 5.52 Å². The largest absolute Gasteiger partial charge is 0.339 e. The van der Waals surface area contributed by atoms with Gasteiger partial charge in [0.25, 0.3) is 0 Å². The predicted octanol–water partition coefficient (Wildman–Crippen LogP) is 9.01. The lowest BCUT2D eigenvalue weighted by atomic mass is 9.95. The second kappa shape index (κ2) is 10.5. The normalized spacial score (nSPS) is 11.0. The fourth-order valence-electron chi connectivity index (χ4n) is 4.44. The monoisotopic (exact) mass is 536 g/mol. The molecule has 6 rings (SSSR count). The van der Waals surface area contributed by atoms with E-state index >= 15 is 0 Å². The molecule has 0 aliphatic rings. The minimum Gasteiger partial charge on any atom is -0.339 e. The number of benzene rings is 5. The van der Waals surface area contributed by atoms with E-state index in [2.05, 4.69) is 15.6 Å². The third-order valence-electron chi connectivity index (χ3n) is 6.30. The molecule has 196 valence electrons. The van der Waals surface area contributed by atoms with Crippen LogP contribution in [0.1, 0.15) is 0 Å². The zero-order valence-corrected chi connectivity index (χ0v) is 20.8. The zero-order chi connectivity index (χ0) is 27.6. The molecule has 4 nitrogen and oxygen atoms in total. The molecule has 0 fully saturated rings. The summed E-state index contributed by atoms with van der Waals surface area (Å²) in [6, 6.07) is 27.6. The summed E-state index contributed by atoms with van der Waals surface area (Å²) in [5.41, 5.74) is 4.21. The number of nitrogens with one attached hydrogen (secondary N) is 2. The van der Waals surface area contributed by atoms with Crippen molar-refractivity contribution in [3.8, 4) is 22.3 Å². The minimum absolute atomic E-state index is 0.162. The number of rotatable bonds is 6. The molecule has 0 aliphatic heterocycles. The number of fused-ring (bicyclic) bond motifs is 1. The lowest BCUT2D eigenvalue weighted by Crippen LogP contribution is -2.04. The molecular weight excluding hydrogens is 516 g/mol. The first kappa shape index (κ1) is 25.1. The van der Waals surface area contributed by atoms with Crippen LogP contribution in [-0.2, 0) is 0 Å². The van der Waals surface area contributed by atoms with Crippen LogP contribution in [0, 0.1) is 23.3 Å². The second-order valence-corrected chi connectivity index (χ2v) is 9.10. The highest BCUT2D eigenvalue weighted by Crippen LogP contribution is 2.38.